The van der Waals surface area contributed by atoms with Crippen LogP contribution in [0.25, 0.3) is 0 Å². The summed E-state index contributed by atoms with van der Waals surface area (Å²) in [6, 6.07) is 7.28. The van der Waals surface area contributed by atoms with Crippen molar-refractivity contribution < 1.29 is 9.47 Å². The van der Waals surface area contributed by atoms with Gasteiger partial charge in [-0.25, -0.2) is 0 Å². The number of nitrogens with two attached hydrogens (primary N) is 2. The van der Waals surface area contributed by atoms with Gasteiger partial charge in [-0.05, 0) is 81.0 Å². The number of benzene rings is 1. The molecular weight excluding hydrogens is 350 g/mol. The Hall–Kier alpha value is -1.14. The Morgan fingerprint density at radius 1 is 1.14 bits per heavy atom. The van der Waals surface area contributed by atoms with E-state index in [0.717, 1.165) is 58.2 Å². The highest BCUT2D eigenvalue weighted by molar-refractivity contribution is 5.53. The van der Waals surface area contributed by atoms with Crippen molar-refractivity contribution in [1.29, 1.82) is 0 Å². The van der Waals surface area contributed by atoms with E-state index in [2.05, 4.69) is 30.0 Å². The average Bonchev–Trinajstić information content (AvgIpc) is 2.63. The van der Waals surface area contributed by atoms with Crippen LogP contribution in [-0.2, 0) is 15.0 Å². The van der Waals surface area contributed by atoms with Crippen molar-refractivity contribution in [3.05, 3.63) is 29.3 Å². The third-order valence-corrected chi connectivity index (χ3v) is 7.11. The van der Waals surface area contributed by atoms with E-state index in [4.69, 9.17) is 20.9 Å². The molecule has 3 fully saturated rings. The lowest BCUT2D eigenvalue weighted by atomic mass is 9.46. The fourth-order valence-corrected chi connectivity index (χ4v) is 5.92. The van der Waals surface area contributed by atoms with Crippen LogP contribution in [-0.4, -0.2) is 45.1 Å². The van der Waals surface area contributed by atoms with E-state index in [1.54, 1.807) is 0 Å². The maximum atomic E-state index is 6.79. The van der Waals surface area contributed by atoms with Gasteiger partial charge in [0.2, 0.25) is 0 Å². The summed E-state index contributed by atoms with van der Waals surface area (Å²) in [6.45, 7) is 8.50. The van der Waals surface area contributed by atoms with Gasteiger partial charge in [0, 0.05) is 37.0 Å². The lowest BCUT2D eigenvalue weighted by Gasteiger charge is -2.62. The molecule has 5 heteroatoms. The molecule has 1 heterocycles. The Kier molecular flexibility index (Phi) is 5.71. The zero-order valence-electron chi connectivity index (χ0n) is 17.6. The van der Waals surface area contributed by atoms with E-state index in [-0.39, 0.29) is 5.54 Å². The van der Waals surface area contributed by atoms with Gasteiger partial charge in [-0.1, -0.05) is 6.07 Å². The number of nitrogens with zero attached hydrogens (tertiary/aromatic N) is 1. The number of piperidine rings is 1. The first-order valence-corrected chi connectivity index (χ1v) is 11.0. The van der Waals surface area contributed by atoms with Crippen LogP contribution in [0, 0.1) is 12.3 Å². The van der Waals surface area contributed by atoms with Gasteiger partial charge in [-0.15, -0.1) is 0 Å². The molecule has 4 rings (SSSR count). The maximum Gasteiger partial charge on any atom is 0.0704 e. The summed E-state index contributed by atoms with van der Waals surface area (Å²) in [6.07, 6.45) is 7.03. The minimum absolute atomic E-state index is 0.149. The fourth-order valence-electron chi connectivity index (χ4n) is 5.92. The molecule has 28 heavy (non-hydrogen) atoms. The topological polar surface area (TPSA) is 73.7 Å². The molecule has 0 amide bonds. The van der Waals surface area contributed by atoms with Gasteiger partial charge in [0.1, 0.15) is 0 Å². The third-order valence-electron chi connectivity index (χ3n) is 7.11. The van der Waals surface area contributed by atoms with Crippen LogP contribution < -0.4 is 16.4 Å². The van der Waals surface area contributed by atoms with Gasteiger partial charge in [0.05, 0.1) is 19.3 Å². The molecule has 4 N–H and O–H groups in total. The standard InChI is InChI=1S/C23H37N3O2/c1-3-27-10-11-28-20-6-8-26(9-7-20)19-4-5-21(17(2)12-19)23(25)15-22(16-23)13-18(24)14-22/h4-5,12,18,20H,3,6-11,13-16,24-25H2,1-2H3. The summed E-state index contributed by atoms with van der Waals surface area (Å²) < 4.78 is 11.3. The first kappa shape index (κ1) is 20.1. The van der Waals surface area contributed by atoms with E-state index in [1.807, 2.05) is 6.92 Å². The van der Waals surface area contributed by atoms with Crippen molar-refractivity contribution in [3.8, 4) is 0 Å². The first-order chi connectivity index (χ1) is 13.4. The zero-order chi connectivity index (χ0) is 19.8. The predicted molar refractivity (Wildman–Crippen MR) is 114 cm³/mol. The summed E-state index contributed by atoms with van der Waals surface area (Å²) in [5.41, 5.74) is 17.1. The molecule has 5 nitrogen and oxygen atoms in total. The van der Waals surface area contributed by atoms with Gasteiger partial charge in [-0.3, -0.25) is 0 Å². The van der Waals surface area contributed by atoms with Crippen molar-refractivity contribution in [2.45, 2.75) is 70.1 Å². The third kappa shape index (κ3) is 3.95. The largest absolute Gasteiger partial charge is 0.379 e. The maximum absolute atomic E-state index is 6.79. The lowest BCUT2D eigenvalue weighted by Crippen LogP contribution is -2.63. The second kappa shape index (κ2) is 7.94. The molecule has 2 aliphatic carbocycles. The van der Waals surface area contributed by atoms with Crippen molar-refractivity contribution in [1.82, 2.24) is 0 Å². The molecule has 0 radical (unpaired) electrons. The smallest absolute Gasteiger partial charge is 0.0704 e. The van der Waals surface area contributed by atoms with Crippen LogP contribution in [0.3, 0.4) is 0 Å². The SMILES string of the molecule is CCOCCOC1CCN(c2ccc(C3(N)CC4(CC(N)C4)C3)c(C)c2)CC1. The lowest BCUT2D eigenvalue weighted by molar-refractivity contribution is -0.0592. The van der Waals surface area contributed by atoms with Crippen molar-refractivity contribution in [2.24, 2.45) is 16.9 Å². The van der Waals surface area contributed by atoms with Gasteiger partial charge >= 0.3 is 0 Å². The summed E-state index contributed by atoms with van der Waals surface area (Å²) in [7, 11) is 0. The number of hydrogen-bond acceptors (Lipinski definition) is 5. The first-order valence-electron chi connectivity index (χ1n) is 11.0. The van der Waals surface area contributed by atoms with Gasteiger partial charge in [-0.2, -0.15) is 0 Å². The minimum atomic E-state index is -0.149. The van der Waals surface area contributed by atoms with Gasteiger partial charge < -0.3 is 25.8 Å². The Morgan fingerprint density at radius 2 is 1.86 bits per heavy atom. The number of aryl methyl sites for hydroxylation is 1. The normalized spacial score (nSPS) is 33.0. The Bertz CT molecular complexity index is 670. The molecule has 0 unspecified atom stereocenters. The van der Waals surface area contributed by atoms with Crippen LogP contribution in [0.4, 0.5) is 5.69 Å². The second-order valence-electron chi connectivity index (χ2n) is 9.43. The van der Waals surface area contributed by atoms with Crippen molar-refractivity contribution in [3.63, 3.8) is 0 Å². The molecule has 1 aromatic rings. The quantitative estimate of drug-likeness (QED) is 0.704. The van der Waals surface area contributed by atoms with E-state index in [0.29, 0.717) is 30.8 Å². The summed E-state index contributed by atoms with van der Waals surface area (Å²) in [4.78, 5) is 2.48. The summed E-state index contributed by atoms with van der Waals surface area (Å²) in [5, 5.41) is 0. The average molecular weight is 388 g/mol. The predicted octanol–water partition coefficient (Wildman–Crippen LogP) is 3.07. The van der Waals surface area contributed by atoms with Gasteiger partial charge in [0.25, 0.3) is 0 Å². The van der Waals surface area contributed by atoms with Crippen LogP contribution in [0.1, 0.15) is 56.6 Å². The number of rotatable bonds is 7. The highest BCUT2D eigenvalue weighted by Gasteiger charge is 2.58. The van der Waals surface area contributed by atoms with Crippen LogP contribution >= 0.6 is 0 Å². The summed E-state index contributed by atoms with van der Waals surface area (Å²) in [5.74, 6) is 0. The molecule has 1 aliphatic heterocycles. The second-order valence-corrected chi connectivity index (χ2v) is 9.43. The van der Waals surface area contributed by atoms with E-state index in [1.165, 1.54) is 16.8 Å². The van der Waals surface area contributed by atoms with Crippen LogP contribution in [0.2, 0.25) is 0 Å². The Labute approximate surface area is 169 Å². The molecule has 0 aromatic heterocycles. The molecule has 3 aliphatic rings. The van der Waals surface area contributed by atoms with E-state index >= 15 is 0 Å². The highest BCUT2D eigenvalue weighted by Crippen LogP contribution is 2.62. The minimum Gasteiger partial charge on any atom is -0.379 e. The number of hydrogen-bond donors (Lipinski definition) is 2. The molecule has 0 atom stereocenters. The fraction of sp³-hybridized carbons (Fsp3) is 0.739. The van der Waals surface area contributed by atoms with Crippen LogP contribution in [0.5, 0.6) is 0 Å². The summed E-state index contributed by atoms with van der Waals surface area (Å²) >= 11 is 0. The molecule has 1 spiro atoms. The molecule has 1 aromatic carbocycles. The van der Waals surface area contributed by atoms with Crippen molar-refractivity contribution in [2.75, 3.05) is 37.8 Å². The Morgan fingerprint density at radius 3 is 2.46 bits per heavy atom. The van der Waals surface area contributed by atoms with Crippen LogP contribution in [0.15, 0.2) is 18.2 Å². The Balaban J connectivity index is 1.31. The molecular formula is C23H37N3O2. The zero-order valence-corrected chi connectivity index (χ0v) is 17.6. The van der Waals surface area contributed by atoms with E-state index < -0.39 is 0 Å². The monoisotopic (exact) mass is 387 g/mol. The van der Waals surface area contributed by atoms with Gasteiger partial charge in [0.15, 0.2) is 0 Å². The number of anilines is 1. The molecule has 0 bridgehead atoms. The van der Waals surface area contributed by atoms with Crippen molar-refractivity contribution >= 4 is 5.69 Å². The molecule has 156 valence electrons. The van der Waals surface area contributed by atoms with E-state index in [9.17, 15) is 0 Å². The molecule has 2 saturated carbocycles. The number of ether oxygens (including phenoxy) is 2. The molecule has 1 saturated heterocycles. The highest BCUT2D eigenvalue weighted by atomic mass is 16.5.